The predicted molar refractivity (Wildman–Crippen MR) is 63.2 cm³/mol. The molecule has 1 aromatic carbocycles. The van der Waals surface area contributed by atoms with Crippen molar-refractivity contribution >= 4 is 17.6 Å². The fourth-order valence-corrected chi connectivity index (χ4v) is 1.71. The molecule has 0 amide bonds. The number of benzene rings is 1. The van der Waals surface area contributed by atoms with Crippen LogP contribution in [0.2, 0.25) is 5.02 Å². The Labute approximate surface area is 94.5 Å². The average molecular weight is 224 g/mol. The van der Waals surface area contributed by atoms with Gasteiger partial charge in [-0.05, 0) is 24.6 Å². The molecule has 1 aliphatic rings. The van der Waals surface area contributed by atoms with Crippen molar-refractivity contribution in [1.82, 2.24) is 10.6 Å². The van der Waals surface area contributed by atoms with Gasteiger partial charge < -0.3 is 10.6 Å². The van der Waals surface area contributed by atoms with Gasteiger partial charge in [-0.15, -0.1) is 0 Å². The van der Waals surface area contributed by atoms with Crippen molar-refractivity contribution in [2.24, 2.45) is 4.99 Å². The van der Waals surface area contributed by atoms with Crippen molar-refractivity contribution in [3.63, 3.8) is 0 Å². The SMILES string of the molecule is CC1CN=C(NCc2cccc(Cl)c2)N1. The Hall–Kier alpha value is -1.22. The zero-order chi connectivity index (χ0) is 10.7. The summed E-state index contributed by atoms with van der Waals surface area (Å²) in [4.78, 5) is 4.32. The molecule has 0 aromatic heterocycles. The molecule has 0 aliphatic carbocycles. The van der Waals surface area contributed by atoms with Crippen LogP contribution in [0.1, 0.15) is 12.5 Å². The van der Waals surface area contributed by atoms with E-state index in [2.05, 4.69) is 22.5 Å². The van der Waals surface area contributed by atoms with Gasteiger partial charge in [-0.25, -0.2) is 0 Å². The molecule has 2 N–H and O–H groups in total. The van der Waals surface area contributed by atoms with E-state index in [0.717, 1.165) is 29.6 Å². The molecule has 2 rings (SSSR count). The highest BCUT2D eigenvalue weighted by Gasteiger charge is 2.11. The Morgan fingerprint density at radius 2 is 2.47 bits per heavy atom. The third-order valence-corrected chi connectivity index (χ3v) is 2.49. The lowest BCUT2D eigenvalue weighted by atomic mass is 10.2. The number of aliphatic imine (C=N–C) groups is 1. The van der Waals surface area contributed by atoms with E-state index in [1.807, 2.05) is 24.3 Å². The van der Waals surface area contributed by atoms with Crippen LogP contribution in [0.4, 0.5) is 0 Å². The summed E-state index contributed by atoms with van der Waals surface area (Å²) in [6, 6.07) is 8.25. The molecule has 1 aliphatic heterocycles. The summed E-state index contributed by atoms with van der Waals surface area (Å²) in [6.07, 6.45) is 0. The van der Waals surface area contributed by atoms with Crippen molar-refractivity contribution in [1.29, 1.82) is 0 Å². The van der Waals surface area contributed by atoms with Gasteiger partial charge in [0.1, 0.15) is 0 Å². The number of guanidine groups is 1. The Morgan fingerprint density at radius 3 is 3.13 bits per heavy atom. The molecule has 0 radical (unpaired) electrons. The van der Waals surface area contributed by atoms with Gasteiger partial charge >= 0.3 is 0 Å². The highest BCUT2D eigenvalue weighted by Crippen LogP contribution is 2.10. The molecule has 0 bridgehead atoms. The maximum absolute atomic E-state index is 5.89. The molecule has 15 heavy (non-hydrogen) atoms. The molecule has 0 saturated heterocycles. The van der Waals surface area contributed by atoms with Gasteiger partial charge in [-0.3, -0.25) is 4.99 Å². The number of halogens is 1. The van der Waals surface area contributed by atoms with Gasteiger partial charge in [0.15, 0.2) is 5.96 Å². The largest absolute Gasteiger partial charge is 0.352 e. The monoisotopic (exact) mass is 223 g/mol. The fourth-order valence-electron chi connectivity index (χ4n) is 1.49. The van der Waals surface area contributed by atoms with E-state index >= 15 is 0 Å². The lowest BCUT2D eigenvalue weighted by Gasteiger charge is -2.08. The first-order valence-electron chi connectivity index (χ1n) is 5.03. The molecular weight excluding hydrogens is 210 g/mol. The van der Waals surface area contributed by atoms with Crippen LogP contribution in [0.5, 0.6) is 0 Å². The summed E-state index contributed by atoms with van der Waals surface area (Å²) < 4.78 is 0. The van der Waals surface area contributed by atoms with Crippen LogP contribution in [0, 0.1) is 0 Å². The van der Waals surface area contributed by atoms with E-state index in [-0.39, 0.29) is 0 Å². The second kappa shape index (κ2) is 4.53. The molecule has 4 heteroatoms. The first-order chi connectivity index (χ1) is 7.24. The van der Waals surface area contributed by atoms with Gasteiger partial charge in [0.05, 0.1) is 6.54 Å². The fraction of sp³-hybridized carbons (Fsp3) is 0.364. The first-order valence-corrected chi connectivity index (χ1v) is 5.41. The highest BCUT2D eigenvalue weighted by molar-refractivity contribution is 6.30. The molecule has 0 saturated carbocycles. The Balaban J connectivity index is 1.88. The Kier molecular flexibility index (Phi) is 3.11. The van der Waals surface area contributed by atoms with Crippen molar-refractivity contribution in [2.75, 3.05) is 6.54 Å². The number of hydrogen-bond acceptors (Lipinski definition) is 3. The second-order valence-electron chi connectivity index (χ2n) is 3.72. The normalized spacial score (nSPS) is 19.6. The summed E-state index contributed by atoms with van der Waals surface area (Å²) in [7, 11) is 0. The standard InChI is InChI=1S/C11H14ClN3/c1-8-6-13-11(15-8)14-7-9-3-2-4-10(12)5-9/h2-5,8H,6-7H2,1H3,(H2,13,14,15). The Bertz CT molecular complexity index is 376. The molecule has 80 valence electrons. The van der Waals surface area contributed by atoms with Crippen molar-refractivity contribution in [2.45, 2.75) is 19.5 Å². The van der Waals surface area contributed by atoms with Crippen molar-refractivity contribution in [3.8, 4) is 0 Å². The smallest absolute Gasteiger partial charge is 0.191 e. The number of nitrogens with one attached hydrogen (secondary N) is 2. The van der Waals surface area contributed by atoms with E-state index in [4.69, 9.17) is 11.6 Å². The first kappa shape index (κ1) is 10.3. The molecular formula is C11H14ClN3. The molecule has 0 fully saturated rings. The minimum atomic E-state index is 0.437. The van der Waals surface area contributed by atoms with Crippen LogP contribution in [-0.4, -0.2) is 18.5 Å². The molecule has 1 atom stereocenters. The van der Waals surface area contributed by atoms with E-state index in [1.54, 1.807) is 0 Å². The molecule has 1 aromatic rings. The maximum atomic E-state index is 5.89. The van der Waals surface area contributed by atoms with Crippen molar-refractivity contribution < 1.29 is 0 Å². The number of rotatable bonds is 2. The van der Waals surface area contributed by atoms with E-state index in [1.165, 1.54) is 0 Å². The molecule has 3 nitrogen and oxygen atoms in total. The van der Waals surface area contributed by atoms with Crippen molar-refractivity contribution in [3.05, 3.63) is 34.9 Å². The van der Waals surface area contributed by atoms with Crippen LogP contribution in [0.3, 0.4) is 0 Å². The van der Waals surface area contributed by atoms with Gasteiger partial charge in [0.25, 0.3) is 0 Å². The maximum Gasteiger partial charge on any atom is 0.191 e. The zero-order valence-corrected chi connectivity index (χ0v) is 9.38. The summed E-state index contributed by atoms with van der Waals surface area (Å²) in [5, 5.41) is 7.25. The van der Waals surface area contributed by atoms with Crippen LogP contribution in [-0.2, 0) is 6.54 Å². The predicted octanol–water partition coefficient (Wildman–Crippen LogP) is 1.78. The molecule has 1 unspecified atom stereocenters. The zero-order valence-electron chi connectivity index (χ0n) is 8.63. The molecule has 0 spiro atoms. The van der Waals surface area contributed by atoms with Crippen LogP contribution in [0.25, 0.3) is 0 Å². The number of nitrogens with zero attached hydrogens (tertiary/aromatic N) is 1. The quantitative estimate of drug-likeness (QED) is 0.802. The van der Waals surface area contributed by atoms with Gasteiger partial charge in [0, 0.05) is 17.6 Å². The second-order valence-corrected chi connectivity index (χ2v) is 4.15. The lowest BCUT2D eigenvalue weighted by Crippen LogP contribution is -2.37. The third kappa shape index (κ3) is 2.86. The minimum absolute atomic E-state index is 0.437. The minimum Gasteiger partial charge on any atom is -0.352 e. The summed E-state index contributed by atoms with van der Waals surface area (Å²) in [6.45, 7) is 3.70. The van der Waals surface area contributed by atoms with Crippen LogP contribution < -0.4 is 10.6 Å². The molecule has 1 heterocycles. The summed E-state index contributed by atoms with van der Waals surface area (Å²) >= 11 is 5.89. The van der Waals surface area contributed by atoms with E-state index in [9.17, 15) is 0 Å². The number of hydrogen-bond donors (Lipinski definition) is 2. The van der Waals surface area contributed by atoms with Gasteiger partial charge in [0.2, 0.25) is 0 Å². The van der Waals surface area contributed by atoms with Gasteiger partial charge in [-0.2, -0.15) is 0 Å². The summed E-state index contributed by atoms with van der Waals surface area (Å²) in [5.41, 5.74) is 1.16. The van der Waals surface area contributed by atoms with Crippen LogP contribution >= 0.6 is 11.6 Å². The summed E-state index contributed by atoms with van der Waals surface area (Å²) in [5.74, 6) is 0.877. The van der Waals surface area contributed by atoms with E-state index in [0.29, 0.717) is 6.04 Å². The van der Waals surface area contributed by atoms with Gasteiger partial charge in [-0.1, -0.05) is 23.7 Å². The Morgan fingerprint density at radius 1 is 1.60 bits per heavy atom. The third-order valence-electron chi connectivity index (χ3n) is 2.26. The lowest BCUT2D eigenvalue weighted by molar-refractivity contribution is 0.713. The topological polar surface area (TPSA) is 36.4 Å². The average Bonchev–Trinajstić information content (AvgIpc) is 2.62. The van der Waals surface area contributed by atoms with E-state index < -0.39 is 0 Å². The highest BCUT2D eigenvalue weighted by atomic mass is 35.5. The van der Waals surface area contributed by atoms with Crippen LogP contribution in [0.15, 0.2) is 29.3 Å².